The van der Waals surface area contributed by atoms with E-state index in [1.54, 1.807) is 0 Å². The van der Waals surface area contributed by atoms with Crippen LogP contribution in [0.2, 0.25) is 0 Å². The SMILES string of the molecule is CC1CO1.OC[C@@H]1CO1. The van der Waals surface area contributed by atoms with Crippen molar-refractivity contribution in [3.8, 4) is 0 Å². The molecule has 0 aromatic heterocycles. The molecule has 3 heteroatoms. The van der Waals surface area contributed by atoms with Crippen LogP contribution in [0.5, 0.6) is 0 Å². The summed E-state index contributed by atoms with van der Waals surface area (Å²) in [4.78, 5) is 0. The van der Waals surface area contributed by atoms with Crippen LogP contribution in [0, 0.1) is 0 Å². The Morgan fingerprint density at radius 2 is 1.89 bits per heavy atom. The van der Waals surface area contributed by atoms with Gasteiger partial charge in [0.05, 0.1) is 25.9 Å². The average Bonchev–Trinajstić information content (AvgIpc) is 2.57. The summed E-state index contributed by atoms with van der Waals surface area (Å²) in [6.45, 7) is 4.00. The first-order valence-electron chi connectivity index (χ1n) is 3.17. The molecule has 0 amide bonds. The molecule has 0 aromatic carbocycles. The number of ether oxygens (including phenoxy) is 2. The lowest BCUT2D eigenvalue weighted by atomic mass is 10.5. The number of hydrogen-bond acceptors (Lipinski definition) is 3. The Kier molecular flexibility index (Phi) is 2.45. The lowest BCUT2D eigenvalue weighted by molar-refractivity contribution is 0.244. The van der Waals surface area contributed by atoms with Crippen LogP contribution in [-0.4, -0.2) is 37.1 Å². The van der Waals surface area contributed by atoms with Gasteiger partial charge in [0.15, 0.2) is 0 Å². The summed E-state index contributed by atoms with van der Waals surface area (Å²) < 4.78 is 9.32. The van der Waals surface area contributed by atoms with Crippen molar-refractivity contribution in [3.63, 3.8) is 0 Å². The number of epoxide rings is 2. The van der Waals surface area contributed by atoms with Gasteiger partial charge in [-0.2, -0.15) is 0 Å². The molecular formula is C6H12O3. The largest absolute Gasteiger partial charge is 0.394 e. The average molecular weight is 132 g/mol. The molecule has 0 saturated carbocycles. The molecular weight excluding hydrogens is 120 g/mol. The van der Waals surface area contributed by atoms with Crippen LogP contribution in [0.25, 0.3) is 0 Å². The van der Waals surface area contributed by atoms with E-state index < -0.39 is 0 Å². The topological polar surface area (TPSA) is 45.3 Å². The van der Waals surface area contributed by atoms with E-state index in [0.717, 1.165) is 13.2 Å². The minimum atomic E-state index is 0.190. The van der Waals surface area contributed by atoms with Crippen LogP contribution >= 0.6 is 0 Å². The molecule has 0 bridgehead atoms. The third-order valence-corrected chi connectivity index (χ3v) is 1.11. The first kappa shape index (κ1) is 6.99. The van der Waals surface area contributed by atoms with Crippen LogP contribution in [0.3, 0.4) is 0 Å². The van der Waals surface area contributed by atoms with Crippen molar-refractivity contribution < 1.29 is 14.6 Å². The molecule has 1 unspecified atom stereocenters. The van der Waals surface area contributed by atoms with Crippen molar-refractivity contribution >= 4 is 0 Å². The smallest absolute Gasteiger partial charge is 0.104 e. The summed E-state index contributed by atoms with van der Waals surface area (Å²) in [7, 11) is 0. The van der Waals surface area contributed by atoms with E-state index >= 15 is 0 Å². The van der Waals surface area contributed by atoms with Gasteiger partial charge in [0, 0.05) is 0 Å². The van der Waals surface area contributed by atoms with Gasteiger partial charge in [-0.15, -0.1) is 0 Å². The van der Waals surface area contributed by atoms with Crippen molar-refractivity contribution in [1.29, 1.82) is 0 Å². The molecule has 0 aromatic rings. The number of aliphatic hydroxyl groups is 1. The number of hydrogen-bond donors (Lipinski definition) is 1. The highest BCUT2D eigenvalue weighted by atomic mass is 16.6. The van der Waals surface area contributed by atoms with Gasteiger partial charge in [-0.05, 0) is 6.92 Å². The zero-order chi connectivity index (χ0) is 6.69. The fourth-order valence-electron chi connectivity index (χ4n) is 0.270. The van der Waals surface area contributed by atoms with Gasteiger partial charge >= 0.3 is 0 Å². The van der Waals surface area contributed by atoms with Crippen LogP contribution in [-0.2, 0) is 9.47 Å². The molecule has 2 rings (SSSR count). The minimum absolute atomic E-state index is 0.190. The predicted molar refractivity (Wildman–Crippen MR) is 32.2 cm³/mol. The summed E-state index contributed by atoms with van der Waals surface area (Å²) in [5.74, 6) is 0. The highest BCUT2D eigenvalue weighted by Crippen LogP contribution is 2.05. The second-order valence-corrected chi connectivity index (χ2v) is 2.28. The van der Waals surface area contributed by atoms with E-state index in [0.29, 0.717) is 6.10 Å². The molecule has 0 aliphatic carbocycles. The Morgan fingerprint density at radius 1 is 1.44 bits per heavy atom. The predicted octanol–water partition coefficient (Wildman–Crippen LogP) is -0.217. The van der Waals surface area contributed by atoms with Gasteiger partial charge in [-0.1, -0.05) is 0 Å². The van der Waals surface area contributed by atoms with Crippen LogP contribution < -0.4 is 0 Å². The Bertz CT molecular complexity index is 76.4. The Labute approximate surface area is 54.6 Å². The molecule has 0 radical (unpaired) electrons. The van der Waals surface area contributed by atoms with Gasteiger partial charge in [0.25, 0.3) is 0 Å². The zero-order valence-electron chi connectivity index (χ0n) is 5.54. The molecule has 2 fully saturated rings. The third kappa shape index (κ3) is 4.39. The molecule has 3 nitrogen and oxygen atoms in total. The first-order valence-corrected chi connectivity index (χ1v) is 3.17. The van der Waals surface area contributed by atoms with Crippen LogP contribution in [0.4, 0.5) is 0 Å². The normalized spacial score (nSPS) is 36.7. The highest BCUT2D eigenvalue weighted by molar-refractivity contribution is 4.65. The van der Waals surface area contributed by atoms with E-state index in [1.165, 1.54) is 0 Å². The molecule has 2 atom stereocenters. The Morgan fingerprint density at radius 3 is 1.89 bits per heavy atom. The summed E-state index contributed by atoms with van der Waals surface area (Å²) in [5, 5.41) is 8.08. The fraction of sp³-hybridized carbons (Fsp3) is 1.00. The monoisotopic (exact) mass is 132 g/mol. The molecule has 2 aliphatic rings. The minimum Gasteiger partial charge on any atom is -0.394 e. The number of rotatable bonds is 1. The first-order chi connectivity index (χ1) is 4.33. The lowest BCUT2D eigenvalue weighted by Gasteiger charge is -1.70. The van der Waals surface area contributed by atoms with Crippen LogP contribution in [0.1, 0.15) is 6.92 Å². The van der Waals surface area contributed by atoms with Crippen molar-refractivity contribution in [2.75, 3.05) is 19.8 Å². The zero-order valence-corrected chi connectivity index (χ0v) is 5.54. The summed E-state index contributed by atoms with van der Waals surface area (Å²) in [6.07, 6.45) is 0.773. The van der Waals surface area contributed by atoms with Crippen molar-refractivity contribution in [2.45, 2.75) is 19.1 Å². The third-order valence-electron chi connectivity index (χ3n) is 1.11. The van der Waals surface area contributed by atoms with E-state index in [9.17, 15) is 0 Å². The summed E-state index contributed by atoms with van der Waals surface area (Å²) in [5.41, 5.74) is 0. The second-order valence-electron chi connectivity index (χ2n) is 2.28. The maximum absolute atomic E-state index is 8.08. The molecule has 2 saturated heterocycles. The fourth-order valence-corrected chi connectivity index (χ4v) is 0.270. The van der Waals surface area contributed by atoms with Crippen LogP contribution in [0.15, 0.2) is 0 Å². The van der Waals surface area contributed by atoms with Gasteiger partial charge in [0.2, 0.25) is 0 Å². The highest BCUT2D eigenvalue weighted by Gasteiger charge is 2.19. The standard InChI is InChI=1S/C3H6O2.C3H6O/c4-1-3-2-5-3;1-3-2-4-3/h3-4H,1-2H2;3H,2H2,1H3/t3-;/m1./s1. The summed E-state index contributed by atoms with van der Waals surface area (Å²) in [6, 6.07) is 0. The van der Waals surface area contributed by atoms with Gasteiger partial charge < -0.3 is 14.6 Å². The summed E-state index contributed by atoms with van der Waals surface area (Å²) >= 11 is 0. The molecule has 2 heterocycles. The Balaban J connectivity index is 0.0000000922. The molecule has 54 valence electrons. The van der Waals surface area contributed by atoms with Gasteiger partial charge in [0.1, 0.15) is 6.10 Å². The molecule has 1 N–H and O–H groups in total. The van der Waals surface area contributed by atoms with Crippen molar-refractivity contribution in [2.24, 2.45) is 0 Å². The van der Waals surface area contributed by atoms with E-state index in [1.807, 2.05) is 0 Å². The molecule has 2 aliphatic heterocycles. The number of aliphatic hydroxyl groups excluding tert-OH is 1. The van der Waals surface area contributed by atoms with Crippen molar-refractivity contribution in [1.82, 2.24) is 0 Å². The van der Waals surface area contributed by atoms with Crippen molar-refractivity contribution in [3.05, 3.63) is 0 Å². The maximum Gasteiger partial charge on any atom is 0.104 e. The lowest BCUT2D eigenvalue weighted by Crippen LogP contribution is -1.88. The van der Waals surface area contributed by atoms with E-state index in [4.69, 9.17) is 9.84 Å². The van der Waals surface area contributed by atoms with E-state index in [-0.39, 0.29) is 12.7 Å². The van der Waals surface area contributed by atoms with Gasteiger partial charge in [-0.25, -0.2) is 0 Å². The quantitative estimate of drug-likeness (QED) is 0.502. The van der Waals surface area contributed by atoms with Gasteiger partial charge in [-0.3, -0.25) is 0 Å². The molecule has 0 spiro atoms. The second kappa shape index (κ2) is 3.15. The van der Waals surface area contributed by atoms with E-state index in [2.05, 4.69) is 11.7 Å². The Hall–Kier alpha value is -0.120. The molecule has 9 heavy (non-hydrogen) atoms. The maximum atomic E-state index is 8.08.